The molecule has 0 radical (unpaired) electrons. The molecule has 0 N–H and O–H groups in total. The van der Waals surface area contributed by atoms with Crippen LogP contribution in [0.4, 0.5) is 24.5 Å². The number of carbonyl (C=O) groups excluding carboxylic acids is 1. The number of anilines is 1. The van der Waals surface area contributed by atoms with E-state index in [0.29, 0.717) is 10.7 Å². The maximum atomic E-state index is 12.8. The first-order chi connectivity index (χ1) is 12.7. The fourth-order valence-electron chi connectivity index (χ4n) is 2.85. The summed E-state index contributed by atoms with van der Waals surface area (Å²) in [6.07, 6.45) is -4.66. The molecule has 1 aliphatic heterocycles. The molecular formula is C16H13BrF3N3O4. The highest BCUT2D eigenvalue weighted by atomic mass is 79.9. The zero-order valence-corrected chi connectivity index (χ0v) is 15.3. The summed E-state index contributed by atoms with van der Waals surface area (Å²) in [4.78, 5) is 25.9. The third-order valence-electron chi connectivity index (χ3n) is 4.19. The minimum atomic E-state index is -4.66. The van der Waals surface area contributed by atoms with Gasteiger partial charge < -0.3 is 14.2 Å². The summed E-state index contributed by atoms with van der Waals surface area (Å²) in [7, 11) is 0. The van der Waals surface area contributed by atoms with E-state index in [1.54, 1.807) is 11.0 Å². The molecule has 1 fully saturated rings. The van der Waals surface area contributed by atoms with Crippen LogP contribution in [0.2, 0.25) is 0 Å². The maximum Gasteiger partial charge on any atom is 0.416 e. The largest absolute Gasteiger partial charge is 0.444 e. The lowest BCUT2D eigenvalue weighted by molar-refractivity contribution is -0.384. The summed E-state index contributed by atoms with van der Waals surface area (Å²) in [5.74, 6) is -0.155. The third kappa shape index (κ3) is 4.07. The Morgan fingerprint density at radius 2 is 1.81 bits per heavy atom. The molecule has 144 valence electrons. The lowest BCUT2D eigenvalue weighted by Gasteiger charge is -2.35. The first-order valence-corrected chi connectivity index (χ1v) is 8.61. The van der Waals surface area contributed by atoms with E-state index in [1.807, 2.05) is 0 Å². The number of nitro groups is 1. The lowest BCUT2D eigenvalue weighted by Crippen LogP contribution is -2.48. The molecule has 0 atom stereocenters. The predicted octanol–water partition coefficient (Wildman–Crippen LogP) is 3.93. The van der Waals surface area contributed by atoms with E-state index in [0.717, 1.165) is 12.1 Å². The number of nitrogens with zero attached hydrogens (tertiary/aromatic N) is 3. The van der Waals surface area contributed by atoms with E-state index in [-0.39, 0.29) is 43.5 Å². The Bertz CT molecular complexity index is 876. The molecule has 0 saturated carbocycles. The predicted molar refractivity (Wildman–Crippen MR) is 92.6 cm³/mol. The quantitative estimate of drug-likeness (QED) is 0.525. The Balaban J connectivity index is 1.76. The van der Waals surface area contributed by atoms with Crippen LogP contribution >= 0.6 is 15.9 Å². The van der Waals surface area contributed by atoms with E-state index < -0.39 is 22.4 Å². The van der Waals surface area contributed by atoms with Crippen molar-refractivity contribution in [1.29, 1.82) is 0 Å². The van der Waals surface area contributed by atoms with Crippen molar-refractivity contribution >= 4 is 33.2 Å². The average Bonchev–Trinajstić information content (AvgIpc) is 3.06. The smallest absolute Gasteiger partial charge is 0.416 e. The number of halogens is 4. The molecule has 1 saturated heterocycles. The van der Waals surface area contributed by atoms with E-state index in [2.05, 4.69) is 15.9 Å². The van der Waals surface area contributed by atoms with Gasteiger partial charge in [0.25, 0.3) is 11.6 Å². The van der Waals surface area contributed by atoms with Gasteiger partial charge in [-0.3, -0.25) is 14.9 Å². The van der Waals surface area contributed by atoms with Crippen LogP contribution in [0, 0.1) is 10.1 Å². The molecule has 27 heavy (non-hydrogen) atoms. The van der Waals surface area contributed by atoms with Crippen LogP contribution in [0.5, 0.6) is 0 Å². The summed E-state index contributed by atoms with van der Waals surface area (Å²) in [6, 6.07) is 5.57. The number of hydrogen-bond donors (Lipinski definition) is 0. The van der Waals surface area contributed by atoms with Crippen LogP contribution in [-0.2, 0) is 6.18 Å². The summed E-state index contributed by atoms with van der Waals surface area (Å²) in [5, 5.41) is 11.2. The molecule has 7 nitrogen and oxygen atoms in total. The Morgan fingerprint density at radius 3 is 2.33 bits per heavy atom. The Morgan fingerprint density at radius 1 is 1.15 bits per heavy atom. The van der Waals surface area contributed by atoms with Gasteiger partial charge in [-0.15, -0.1) is 0 Å². The Hall–Kier alpha value is -2.56. The first kappa shape index (κ1) is 19.2. The van der Waals surface area contributed by atoms with Crippen molar-refractivity contribution in [3.63, 3.8) is 0 Å². The number of amides is 1. The van der Waals surface area contributed by atoms with Crippen LogP contribution in [0.1, 0.15) is 16.1 Å². The molecule has 0 aliphatic carbocycles. The molecule has 1 aliphatic rings. The number of piperazine rings is 1. The molecule has 2 aromatic rings. The highest BCUT2D eigenvalue weighted by molar-refractivity contribution is 9.10. The van der Waals surface area contributed by atoms with Gasteiger partial charge in [0.15, 0.2) is 10.4 Å². The second-order valence-electron chi connectivity index (χ2n) is 5.84. The summed E-state index contributed by atoms with van der Waals surface area (Å²) >= 11 is 3.12. The third-order valence-corrected chi connectivity index (χ3v) is 4.62. The number of carbonyl (C=O) groups is 1. The van der Waals surface area contributed by atoms with Gasteiger partial charge in [-0.25, -0.2) is 0 Å². The van der Waals surface area contributed by atoms with E-state index in [1.165, 1.54) is 11.0 Å². The molecule has 0 unspecified atom stereocenters. The average molecular weight is 448 g/mol. The molecule has 11 heteroatoms. The maximum absolute atomic E-state index is 12.8. The van der Waals surface area contributed by atoms with Crippen LogP contribution in [0.3, 0.4) is 0 Å². The molecule has 0 spiro atoms. The van der Waals surface area contributed by atoms with Gasteiger partial charge in [-0.05, 0) is 40.2 Å². The SMILES string of the molecule is O=C(c1ccc(Br)o1)N1CCN(c2ccc(C(F)(F)F)cc2[N+](=O)[O-])CC1. The van der Waals surface area contributed by atoms with Gasteiger partial charge >= 0.3 is 6.18 Å². The number of alkyl halides is 3. The number of furan rings is 1. The second kappa shape index (κ2) is 7.22. The zero-order chi connectivity index (χ0) is 19.8. The Kier molecular flexibility index (Phi) is 5.13. The van der Waals surface area contributed by atoms with Gasteiger partial charge in [0, 0.05) is 32.2 Å². The molecule has 0 bridgehead atoms. The van der Waals surface area contributed by atoms with Gasteiger partial charge in [0.2, 0.25) is 0 Å². The minimum absolute atomic E-state index is 0.0980. The highest BCUT2D eigenvalue weighted by Gasteiger charge is 2.34. The summed E-state index contributed by atoms with van der Waals surface area (Å²) in [5.41, 5.74) is -1.59. The van der Waals surface area contributed by atoms with Gasteiger partial charge in [-0.1, -0.05) is 0 Å². The monoisotopic (exact) mass is 447 g/mol. The topological polar surface area (TPSA) is 79.8 Å². The van der Waals surface area contributed by atoms with Crippen LogP contribution in [0.25, 0.3) is 0 Å². The molecule has 1 aromatic heterocycles. The van der Waals surface area contributed by atoms with E-state index >= 15 is 0 Å². The molecule has 2 heterocycles. The first-order valence-electron chi connectivity index (χ1n) is 7.82. The fourth-order valence-corrected chi connectivity index (χ4v) is 3.16. The number of rotatable bonds is 3. The van der Waals surface area contributed by atoms with Gasteiger partial charge in [0.1, 0.15) is 5.69 Å². The van der Waals surface area contributed by atoms with E-state index in [4.69, 9.17) is 4.42 Å². The molecule has 1 amide bonds. The lowest BCUT2D eigenvalue weighted by atomic mass is 10.1. The van der Waals surface area contributed by atoms with Crippen molar-refractivity contribution in [2.45, 2.75) is 6.18 Å². The second-order valence-corrected chi connectivity index (χ2v) is 6.62. The van der Waals surface area contributed by atoms with Crippen molar-refractivity contribution < 1.29 is 27.3 Å². The number of benzene rings is 1. The number of hydrogen-bond acceptors (Lipinski definition) is 5. The van der Waals surface area contributed by atoms with Crippen molar-refractivity contribution in [2.75, 3.05) is 31.1 Å². The summed E-state index contributed by atoms with van der Waals surface area (Å²) < 4.78 is 44.1. The normalized spacial score (nSPS) is 15.1. The Labute approximate surface area is 159 Å². The van der Waals surface area contributed by atoms with Crippen molar-refractivity contribution in [3.05, 3.63) is 56.4 Å². The minimum Gasteiger partial charge on any atom is -0.444 e. The molecule has 1 aromatic carbocycles. The van der Waals surface area contributed by atoms with Gasteiger partial charge in [-0.2, -0.15) is 13.2 Å². The van der Waals surface area contributed by atoms with Crippen molar-refractivity contribution in [3.8, 4) is 0 Å². The standard InChI is InChI=1S/C16H13BrF3N3O4/c17-14-4-3-13(27-14)15(24)22-7-5-21(6-8-22)11-2-1-10(16(18,19)20)9-12(11)23(25)26/h1-4,9H,5-8H2. The number of nitro benzene ring substituents is 1. The molecule has 3 rings (SSSR count). The molecular weight excluding hydrogens is 435 g/mol. The van der Waals surface area contributed by atoms with Crippen LogP contribution < -0.4 is 4.90 Å². The van der Waals surface area contributed by atoms with E-state index in [9.17, 15) is 28.1 Å². The van der Waals surface area contributed by atoms with Crippen LogP contribution in [0.15, 0.2) is 39.4 Å². The van der Waals surface area contributed by atoms with Crippen molar-refractivity contribution in [1.82, 2.24) is 4.90 Å². The fraction of sp³-hybridized carbons (Fsp3) is 0.312. The van der Waals surface area contributed by atoms with Crippen molar-refractivity contribution in [2.24, 2.45) is 0 Å². The van der Waals surface area contributed by atoms with Gasteiger partial charge in [0.05, 0.1) is 10.5 Å². The van der Waals surface area contributed by atoms with Crippen LogP contribution in [-0.4, -0.2) is 41.9 Å². The highest BCUT2D eigenvalue weighted by Crippen LogP contribution is 2.36. The summed E-state index contributed by atoms with van der Waals surface area (Å²) in [6.45, 7) is 1.02. The zero-order valence-electron chi connectivity index (χ0n) is 13.7.